The van der Waals surface area contributed by atoms with Gasteiger partial charge in [-0.1, -0.05) is 0 Å². The molecule has 0 unspecified atom stereocenters. The Hall–Kier alpha value is -3.59. The Kier molecular flexibility index (Phi) is 6.40. The van der Waals surface area contributed by atoms with Gasteiger partial charge in [-0.05, 0) is 49.3 Å². The molecule has 1 aliphatic heterocycles. The maximum absolute atomic E-state index is 13.1. The first-order valence-corrected chi connectivity index (χ1v) is 9.88. The van der Waals surface area contributed by atoms with Gasteiger partial charge in [-0.25, -0.2) is 4.79 Å². The number of hydrogen-bond donors (Lipinski definition) is 3. The van der Waals surface area contributed by atoms with Crippen LogP contribution in [0, 0.1) is 6.92 Å². The van der Waals surface area contributed by atoms with Crippen LogP contribution < -0.4 is 0 Å². The summed E-state index contributed by atoms with van der Waals surface area (Å²) in [5.74, 6) is -2.31. The number of aryl methyl sites for hydroxylation is 1. The van der Waals surface area contributed by atoms with Gasteiger partial charge in [0, 0.05) is 25.0 Å². The zero-order valence-corrected chi connectivity index (χ0v) is 17.9. The lowest BCUT2D eigenvalue weighted by Gasteiger charge is -2.39. The Balaban J connectivity index is 1.82. The monoisotopic (exact) mass is 444 g/mol. The Morgan fingerprint density at radius 1 is 1.31 bits per heavy atom. The van der Waals surface area contributed by atoms with Crippen LogP contribution >= 0.6 is 0 Å². The number of ether oxygens (including phenoxy) is 3. The molecule has 1 aromatic carbocycles. The molecule has 0 amide bonds. The molecule has 1 aromatic rings. The standard InChI is InChI=1S/C23H24O9/c1-12-7-15(25)10-18(26)20(12)22(29)32-23(3)19(27)9-14-8-16(5-4-6-30-13(2)24)31-11-17(14)21(23)28/h4-5,7-8,10,19,25-27H,6,9,11H2,1-3H3/t19-,23-/m0/s1. The van der Waals surface area contributed by atoms with E-state index >= 15 is 0 Å². The third-order valence-corrected chi connectivity index (χ3v) is 5.33. The maximum atomic E-state index is 13.1. The van der Waals surface area contributed by atoms with Crippen molar-refractivity contribution in [1.82, 2.24) is 0 Å². The molecule has 9 nitrogen and oxygen atoms in total. The first-order valence-electron chi connectivity index (χ1n) is 9.88. The van der Waals surface area contributed by atoms with E-state index in [0.717, 1.165) is 6.07 Å². The molecule has 0 fully saturated rings. The average Bonchev–Trinajstić information content (AvgIpc) is 2.69. The lowest BCUT2D eigenvalue weighted by atomic mass is 9.77. The number of carbonyl (C=O) groups is 3. The van der Waals surface area contributed by atoms with Crippen molar-refractivity contribution in [3.05, 3.63) is 58.4 Å². The minimum absolute atomic E-state index is 0.0377. The Bertz CT molecular complexity index is 1040. The number of aliphatic hydroxyl groups is 1. The highest BCUT2D eigenvalue weighted by Crippen LogP contribution is 2.38. The molecule has 3 rings (SSSR count). The van der Waals surface area contributed by atoms with Crippen molar-refractivity contribution in [1.29, 1.82) is 0 Å². The molecule has 0 saturated carbocycles. The minimum Gasteiger partial charge on any atom is -0.508 e. The number of allylic oxidation sites excluding steroid dienone is 2. The molecule has 0 spiro atoms. The van der Waals surface area contributed by atoms with Crippen molar-refractivity contribution in [3.63, 3.8) is 0 Å². The van der Waals surface area contributed by atoms with Crippen molar-refractivity contribution in [2.75, 3.05) is 13.2 Å². The van der Waals surface area contributed by atoms with Crippen LogP contribution in [0.5, 0.6) is 11.5 Å². The molecule has 32 heavy (non-hydrogen) atoms. The Morgan fingerprint density at radius 3 is 2.69 bits per heavy atom. The van der Waals surface area contributed by atoms with Crippen LogP contribution in [0.2, 0.25) is 0 Å². The number of carbonyl (C=O) groups excluding carboxylic acids is 3. The Morgan fingerprint density at radius 2 is 2.03 bits per heavy atom. The summed E-state index contributed by atoms with van der Waals surface area (Å²) < 4.78 is 15.8. The summed E-state index contributed by atoms with van der Waals surface area (Å²) in [7, 11) is 0. The largest absolute Gasteiger partial charge is 0.508 e. The molecule has 0 radical (unpaired) electrons. The number of benzene rings is 1. The third kappa shape index (κ3) is 4.52. The van der Waals surface area contributed by atoms with Gasteiger partial charge in [-0.2, -0.15) is 0 Å². The van der Waals surface area contributed by atoms with Crippen molar-refractivity contribution in [2.45, 2.75) is 38.9 Å². The molecule has 9 heteroatoms. The van der Waals surface area contributed by atoms with Crippen molar-refractivity contribution in [2.24, 2.45) is 0 Å². The van der Waals surface area contributed by atoms with Gasteiger partial charge in [0.15, 0.2) is 5.60 Å². The second-order valence-corrected chi connectivity index (χ2v) is 7.75. The van der Waals surface area contributed by atoms with Crippen molar-refractivity contribution < 1.29 is 43.9 Å². The predicted molar refractivity (Wildman–Crippen MR) is 111 cm³/mol. The van der Waals surface area contributed by atoms with Crippen LogP contribution in [-0.2, 0) is 23.8 Å². The second kappa shape index (κ2) is 8.88. The number of phenolic OH excluding ortho intramolecular Hbond substituents is 2. The van der Waals surface area contributed by atoms with Gasteiger partial charge < -0.3 is 29.5 Å². The molecule has 170 valence electrons. The quantitative estimate of drug-likeness (QED) is 0.582. The van der Waals surface area contributed by atoms with Crippen LogP contribution in [0.15, 0.2) is 47.3 Å². The first kappa shape index (κ1) is 23.1. The fourth-order valence-corrected chi connectivity index (χ4v) is 3.60. The topological polar surface area (TPSA) is 140 Å². The van der Waals surface area contributed by atoms with Crippen LogP contribution in [0.25, 0.3) is 0 Å². The summed E-state index contributed by atoms with van der Waals surface area (Å²) in [5, 5.41) is 30.3. The number of aliphatic hydroxyl groups excluding tert-OH is 1. The molecule has 1 heterocycles. The van der Waals surface area contributed by atoms with Gasteiger partial charge in [-0.15, -0.1) is 0 Å². The maximum Gasteiger partial charge on any atom is 0.343 e. The van der Waals surface area contributed by atoms with Crippen molar-refractivity contribution >= 4 is 17.7 Å². The molecule has 2 atom stereocenters. The van der Waals surface area contributed by atoms with E-state index in [1.54, 1.807) is 18.2 Å². The lowest BCUT2D eigenvalue weighted by Crippen LogP contribution is -2.54. The average molecular weight is 444 g/mol. The summed E-state index contributed by atoms with van der Waals surface area (Å²) in [6.45, 7) is 4.09. The highest BCUT2D eigenvalue weighted by Gasteiger charge is 2.50. The summed E-state index contributed by atoms with van der Waals surface area (Å²) >= 11 is 0. The fraction of sp³-hybridized carbons (Fsp3) is 0.348. The van der Waals surface area contributed by atoms with E-state index < -0.39 is 35.2 Å². The molecular weight excluding hydrogens is 420 g/mol. The van der Waals surface area contributed by atoms with E-state index in [-0.39, 0.29) is 42.1 Å². The first-order chi connectivity index (χ1) is 15.0. The second-order valence-electron chi connectivity index (χ2n) is 7.75. The molecular formula is C23H24O9. The number of esters is 2. The Labute approximate surface area is 184 Å². The molecule has 3 N–H and O–H groups in total. The summed E-state index contributed by atoms with van der Waals surface area (Å²) in [6.07, 6.45) is 3.47. The van der Waals surface area contributed by atoms with E-state index in [1.165, 1.54) is 26.8 Å². The number of Topliss-reactive ketones (excluding diaryl/α,β-unsaturated/α-hetero) is 1. The van der Waals surface area contributed by atoms with E-state index in [9.17, 15) is 29.7 Å². The molecule has 0 bridgehead atoms. The van der Waals surface area contributed by atoms with E-state index in [2.05, 4.69) is 0 Å². The summed E-state index contributed by atoms with van der Waals surface area (Å²) in [4.78, 5) is 36.7. The summed E-state index contributed by atoms with van der Waals surface area (Å²) in [5.41, 5.74) is -1.01. The van der Waals surface area contributed by atoms with E-state index in [0.29, 0.717) is 11.3 Å². The van der Waals surface area contributed by atoms with Crippen LogP contribution in [0.3, 0.4) is 0 Å². The lowest BCUT2D eigenvalue weighted by molar-refractivity contribution is -0.147. The molecule has 0 aromatic heterocycles. The molecule has 0 saturated heterocycles. The summed E-state index contributed by atoms with van der Waals surface area (Å²) in [6, 6.07) is 2.26. The van der Waals surface area contributed by atoms with Gasteiger partial charge in [0.1, 0.15) is 42.1 Å². The zero-order valence-electron chi connectivity index (χ0n) is 17.9. The van der Waals surface area contributed by atoms with Gasteiger partial charge in [0.05, 0.1) is 0 Å². The smallest absolute Gasteiger partial charge is 0.343 e. The number of rotatable bonds is 5. The van der Waals surface area contributed by atoms with Gasteiger partial charge >= 0.3 is 11.9 Å². The SMILES string of the molecule is CC(=O)OCC=CC1=CC2=C(CO1)C(=O)[C@@](C)(OC(=O)c1c(C)cc(O)cc1O)[C@@H](O)C2. The van der Waals surface area contributed by atoms with Crippen LogP contribution in [0.4, 0.5) is 0 Å². The van der Waals surface area contributed by atoms with Gasteiger partial charge in [0.2, 0.25) is 5.78 Å². The normalized spacial score (nSPS) is 22.8. The van der Waals surface area contributed by atoms with E-state index in [1.807, 2.05) is 0 Å². The van der Waals surface area contributed by atoms with Gasteiger partial charge in [-0.3, -0.25) is 9.59 Å². The van der Waals surface area contributed by atoms with Crippen LogP contribution in [0.1, 0.15) is 36.2 Å². The predicted octanol–water partition coefficient (Wildman–Crippen LogP) is 1.99. The molecule has 1 aliphatic carbocycles. The number of ketones is 1. The van der Waals surface area contributed by atoms with Gasteiger partial charge in [0.25, 0.3) is 0 Å². The third-order valence-electron chi connectivity index (χ3n) is 5.33. The number of hydrogen-bond acceptors (Lipinski definition) is 9. The van der Waals surface area contributed by atoms with Crippen LogP contribution in [-0.4, -0.2) is 58.0 Å². The number of aromatic hydroxyl groups is 2. The van der Waals surface area contributed by atoms with E-state index in [4.69, 9.17) is 14.2 Å². The zero-order chi connectivity index (χ0) is 23.6. The number of phenols is 2. The highest BCUT2D eigenvalue weighted by molar-refractivity contribution is 6.07. The highest BCUT2D eigenvalue weighted by atomic mass is 16.6. The van der Waals surface area contributed by atoms with Crippen molar-refractivity contribution in [3.8, 4) is 11.5 Å². The molecule has 2 aliphatic rings. The fourth-order valence-electron chi connectivity index (χ4n) is 3.60. The minimum atomic E-state index is -1.88.